The summed E-state index contributed by atoms with van der Waals surface area (Å²) in [6.45, 7) is 0.000248. The molecule has 0 amide bonds. The van der Waals surface area contributed by atoms with Crippen LogP contribution < -0.4 is 5.73 Å². The molecule has 3 nitrogen and oxygen atoms in total. The molecule has 3 N–H and O–H groups in total. The second-order valence-electron chi connectivity index (χ2n) is 3.64. The zero-order valence-corrected chi connectivity index (χ0v) is 9.65. The Morgan fingerprint density at radius 2 is 2.06 bits per heavy atom. The summed E-state index contributed by atoms with van der Waals surface area (Å²) in [5.41, 5.74) is 7.76. The second-order valence-corrected chi connectivity index (χ2v) is 4.58. The number of aliphatic hydroxyl groups excluding tert-OH is 1. The van der Waals surface area contributed by atoms with Gasteiger partial charge in [0.25, 0.3) is 0 Å². The molecule has 0 spiro atoms. The van der Waals surface area contributed by atoms with Gasteiger partial charge < -0.3 is 10.8 Å². The molecule has 0 saturated carbocycles. The zero-order chi connectivity index (χ0) is 11.4. The van der Waals surface area contributed by atoms with Crippen LogP contribution in [-0.2, 0) is 6.42 Å². The largest absolute Gasteiger partial charge is 0.395 e. The van der Waals surface area contributed by atoms with Gasteiger partial charge in [0.1, 0.15) is 0 Å². The molecule has 1 heterocycles. The van der Waals surface area contributed by atoms with E-state index in [1.165, 1.54) is 0 Å². The predicted molar refractivity (Wildman–Crippen MR) is 66.3 cm³/mol. The van der Waals surface area contributed by atoms with Crippen LogP contribution in [0.4, 0.5) is 0 Å². The molecule has 1 aromatic heterocycles. The summed E-state index contributed by atoms with van der Waals surface area (Å²) < 4.78 is 0. The molecular weight excluding hydrogens is 220 g/mol. The number of hydrogen-bond donors (Lipinski definition) is 2. The Hall–Kier alpha value is -1.23. The number of nitrogens with zero attached hydrogens (tertiary/aromatic N) is 1. The van der Waals surface area contributed by atoms with Gasteiger partial charge in [-0.25, -0.2) is 4.98 Å². The summed E-state index contributed by atoms with van der Waals surface area (Å²) in [6.07, 6.45) is 0.633. The van der Waals surface area contributed by atoms with Gasteiger partial charge in [-0.15, -0.1) is 11.3 Å². The molecule has 0 saturated heterocycles. The third-order valence-corrected chi connectivity index (χ3v) is 3.16. The number of nitrogens with two attached hydrogens (primary N) is 1. The van der Waals surface area contributed by atoms with E-state index in [1.54, 1.807) is 11.3 Å². The van der Waals surface area contributed by atoms with E-state index in [4.69, 9.17) is 10.8 Å². The SMILES string of the molecule is NC(CO)Cc1nc(-c2ccccc2)cs1. The van der Waals surface area contributed by atoms with Crippen LogP contribution in [0, 0.1) is 0 Å². The lowest BCUT2D eigenvalue weighted by molar-refractivity contribution is 0.265. The van der Waals surface area contributed by atoms with Crippen LogP contribution >= 0.6 is 11.3 Å². The van der Waals surface area contributed by atoms with Gasteiger partial charge >= 0.3 is 0 Å². The van der Waals surface area contributed by atoms with E-state index in [0.717, 1.165) is 16.3 Å². The van der Waals surface area contributed by atoms with Crippen LogP contribution in [0.25, 0.3) is 11.3 Å². The molecule has 1 atom stereocenters. The van der Waals surface area contributed by atoms with Gasteiger partial charge in [0.15, 0.2) is 0 Å². The van der Waals surface area contributed by atoms with Crippen molar-refractivity contribution in [2.45, 2.75) is 12.5 Å². The molecule has 0 aliphatic carbocycles. The molecule has 0 bridgehead atoms. The fourth-order valence-electron chi connectivity index (χ4n) is 1.43. The molecule has 1 aromatic carbocycles. The number of benzene rings is 1. The topological polar surface area (TPSA) is 59.1 Å². The highest BCUT2D eigenvalue weighted by molar-refractivity contribution is 7.09. The average molecular weight is 234 g/mol. The van der Waals surface area contributed by atoms with Gasteiger partial charge in [0, 0.05) is 23.4 Å². The standard InChI is InChI=1S/C12H14N2OS/c13-10(7-15)6-12-14-11(8-16-12)9-4-2-1-3-5-9/h1-5,8,10,15H,6-7,13H2. The minimum absolute atomic E-state index is 0.000248. The van der Waals surface area contributed by atoms with Gasteiger partial charge in [-0.1, -0.05) is 30.3 Å². The van der Waals surface area contributed by atoms with Crippen molar-refractivity contribution in [3.63, 3.8) is 0 Å². The molecule has 0 aliphatic rings. The number of aliphatic hydroxyl groups is 1. The van der Waals surface area contributed by atoms with Gasteiger partial charge in [-0.3, -0.25) is 0 Å². The summed E-state index contributed by atoms with van der Waals surface area (Å²) in [5, 5.41) is 11.9. The Morgan fingerprint density at radius 1 is 1.31 bits per heavy atom. The summed E-state index contributed by atoms with van der Waals surface area (Å²) in [6, 6.07) is 9.82. The highest BCUT2D eigenvalue weighted by atomic mass is 32.1. The smallest absolute Gasteiger partial charge is 0.0948 e. The van der Waals surface area contributed by atoms with Gasteiger partial charge in [-0.05, 0) is 0 Å². The maximum Gasteiger partial charge on any atom is 0.0948 e. The van der Waals surface area contributed by atoms with Crippen LogP contribution in [0.1, 0.15) is 5.01 Å². The zero-order valence-electron chi connectivity index (χ0n) is 8.84. The minimum atomic E-state index is -0.213. The van der Waals surface area contributed by atoms with Crippen LogP contribution in [-0.4, -0.2) is 22.7 Å². The Labute approximate surface area is 98.6 Å². The molecule has 16 heavy (non-hydrogen) atoms. The van der Waals surface area contributed by atoms with Crippen molar-refractivity contribution in [1.29, 1.82) is 0 Å². The Bertz CT molecular complexity index is 441. The molecular formula is C12H14N2OS. The molecule has 0 aliphatic heterocycles. The first-order valence-corrected chi connectivity index (χ1v) is 6.04. The summed E-state index contributed by atoms with van der Waals surface area (Å²) in [7, 11) is 0. The van der Waals surface area contributed by atoms with Crippen molar-refractivity contribution in [1.82, 2.24) is 4.98 Å². The lowest BCUT2D eigenvalue weighted by atomic mass is 10.2. The van der Waals surface area contributed by atoms with Crippen LogP contribution in [0.15, 0.2) is 35.7 Å². The van der Waals surface area contributed by atoms with Gasteiger partial charge in [0.05, 0.1) is 17.3 Å². The Kier molecular flexibility index (Phi) is 3.66. The lowest BCUT2D eigenvalue weighted by Gasteiger charge is -2.03. The Balaban J connectivity index is 2.14. The maximum atomic E-state index is 8.87. The number of hydrogen-bond acceptors (Lipinski definition) is 4. The van der Waals surface area contributed by atoms with Crippen molar-refractivity contribution in [2.75, 3.05) is 6.61 Å². The number of aromatic nitrogens is 1. The van der Waals surface area contributed by atoms with E-state index in [0.29, 0.717) is 6.42 Å². The van der Waals surface area contributed by atoms with Crippen molar-refractivity contribution in [3.05, 3.63) is 40.7 Å². The fraction of sp³-hybridized carbons (Fsp3) is 0.250. The molecule has 2 rings (SSSR count). The molecule has 0 fully saturated rings. The predicted octanol–water partition coefficient (Wildman–Crippen LogP) is 1.67. The molecule has 84 valence electrons. The van der Waals surface area contributed by atoms with E-state index in [9.17, 15) is 0 Å². The normalized spacial score (nSPS) is 12.6. The third kappa shape index (κ3) is 2.66. The minimum Gasteiger partial charge on any atom is -0.395 e. The average Bonchev–Trinajstić information content (AvgIpc) is 2.78. The summed E-state index contributed by atoms with van der Waals surface area (Å²) >= 11 is 1.59. The van der Waals surface area contributed by atoms with Gasteiger partial charge in [-0.2, -0.15) is 0 Å². The van der Waals surface area contributed by atoms with Crippen LogP contribution in [0.5, 0.6) is 0 Å². The molecule has 0 radical (unpaired) electrons. The van der Waals surface area contributed by atoms with Crippen molar-refractivity contribution < 1.29 is 5.11 Å². The van der Waals surface area contributed by atoms with E-state index < -0.39 is 0 Å². The fourth-order valence-corrected chi connectivity index (χ4v) is 2.33. The van der Waals surface area contributed by atoms with Gasteiger partial charge in [0.2, 0.25) is 0 Å². The van der Waals surface area contributed by atoms with Crippen LogP contribution in [0.2, 0.25) is 0 Å². The van der Waals surface area contributed by atoms with E-state index in [2.05, 4.69) is 4.98 Å². The lowest BCUT2D eigenvalue weighted by Crippen LogP contribution is -2.26. The first kappa shape index (κ1) is 11.3. The van der Waals surface area contributed by atoms with Crippen LogP contribution in [0.3, 0.4) is 0 Å². The quantitative estimate of drug-likeness (QED) is 0.846. The summed E-state index contributed by atoms with van der Waals surface area (Å²) in [4.78, 5) is 4.50. The molecule has 2 aromatic rings. The number of thiazole rings is 1. The summed E-state index contributed by atoms with van der Waals surface area (Å²) in [5.74, 6) is 0. The van der Waals surface area contributed by atoms with Crippen molar-refractivity contribution in [3.8, 4) is 11.3 Å². The highest BCUT2D eigenvalue weighted by Gasteiger charge is 2.07. The second kappa shape index (κ2) is 5.21. The first-order valence-electron chi connectivity index (χ1n) is 5.16. The van der Waals surface area contributed by atoms with E-state index >= 15 is 0 Å². The Morgan fingerprint density at radius 3 is 2.75 bits per heavy atom. The molecule has 4 heteroatoms. The third-order valence-electron chi connectivity index (χ3n) is 2.29. The maximum absolute atomic E-state index is 8.87. The van der Waals surface area contributed by atoms with E-state index in [1.807, 2.05) is 35.7 Å². The van der Waals surface area contributed by atoms with E-state index in [-0.39, 0.29) is 12.6 Å². The van der Waals surface area contributed by atoms with Crippen molar-refractivity contribution in [2.24, 2.45) is 5.73 Å². The number of rotatable bonds is 4. The monoisotopic (exact) mass is 234 g/mol. The first-order chi connectivity index (χ1) is 7.79. The molecule has 1 unspecified atom stereocenters. The highest BCUT2D eigenvalue weighted by Crippen LogP contribution is 2.21. The van der Waals surface area contributed by atoms with Crippen molar-refractivity contribution >= 4 is 11.3 Å².